The summed E-state index contributed by atoms with van der Waals surface area (Å²) in [6.07, 6.45) is 1.81. The van der Waals surface area contributed by atoms with Crippen molar-refractivity contribution in [2.45, 2.75) is 6.92 Å². The molecule has 0 fully saturated rings. The fourth-order valence-corrected chi connectivity index (χ4v) is 3.99. The molecule has 0 radical (unpaired) electrons. The number of carbonyl (C=O) groups excluding carboxylic acids is 1. The van der Waals surface area contributed by atoms with E-state index in [-0.39, 0.29) is 12.4 Å². The number of ketones is 1. The minimum atomic E-state index is -0.0486. The normalized spacial score (nSPS) is 14.4. The van der Waals surface area contributed by atoms with Gasteiger partial charge in [-0.2, -0.15) is 5.10 Å². The highest BCUT2D eigenvalue weighted by Crippen LogP contribution is 2.35. The Morgan fingerprint density at radius 1 is 1.00 bits per heavy atom. The zero-order valence-corrected chi connectivity index (χ0v) is 17.6. The number of nitrogens with zero attached hydrogens (tertiary/aromatic N) is 2. The van der Waals surface area contributed by atoms with Crippen LogP contribution in [0, 0.1) is 6.92 Å². The van der Waals surface area contributed by atoms with E-state index >= 15 is 0 Å². The summed E-state index contributed by atoms with van der Waals surface area (Å²) in [7, 11) is 0. The number of fused-ring (bicyclic) bond motifs is 1. The zero-order chi connectivity index (χ0) is 21.4. The number of halogens is 1. The summed E-state index contributed by atoms with van der Waals surface area (Å²) in [4.78, 5) is 13.2. The summed E-state index contributed by atoms with van der Waals surface area (Å²) in [5.74, 6) is 0.564. The summed E-state index contributed by atoms with van der Waals surface area (Å²) in [6, 6.07) is 25.2. The van der Waals surface area contributed by atoms with Crippen molar-refractivity contribution in [3.05, 3.63) is 106 Å². The minimum absolute atomic E-state index is 0.0486. The first-order chi connectivity index (χ1) is 15.1. The average molecular weight is 427 g/mol. The summed E-state index contributed by atoms with van der Waals surface area (Å²) < 4.78 is 7.55. The Morgan fingerprint density at radius 3 is 2.45 bits per heavy atom. The molecule has 0 N–H and O–H groups in total. The Balaban J connectivity index is 1.67. The van der Waals surface area contributed by atoms with Crippen LogP contribution in [0.5, 0.6) is 5.75 Å². The van der Waals surface area contributed by atoms with Gasteiger partial charge in [0.25, 0.3) is 0 Å². The van der Waals surface area contributed by atoms with Crippen LogP contribution < -0.4 is 4.74 Å². The van der Waals surface area contributed by atoms with Crippen molar-refractivity contribution in [2.24, 2.45) is 0 Å². The number of para-hydroxylation sites is 1. The Hall–Kier alpha value is -3.63. The molecule has 0 unspecified atom stereocenters. The second kappa shape index (κ2) is 7.89. The average Bonchev–Trinajstić information content (AvgIpc) is 3.13. The molecule has 0 saturated heterocycles. The molecule has 1 aromatic heterocycles. The van der Waals surface area contributed by atoms with Gasteiger partial charge in [0.2, 0.25) is 0 Å². The van der Waals surface area contributed by atoms with E-state index in [0.717, 1.165) is 16.8 Å². The van der Waals surface area contributed by atoms with Crippen molar-refractivity contribution in [2.75, 3.05) is 6.61 Å². The smallest absolute Gasteiger partial charge is 0.196 e. The standard InChI is InChI=1S/C26H19ClN2O2/c1-17-12-13-23-21(14-17)25(30)19(16-31-23)15-22-24(18-8-4-2-5-9-18)28-29(26(22)27)20-10-6-3-7-11-20/h2-15H,16H2,1H3/b19-15-. The first-order valence-electron chi connectivity index (χ1n) is 10.00. The van der Waals surface area contributed by atoms with Gasteiger partial charge in [0.05, 0.1) is 11.3 Å². The van der Waals surface area contributed by atoms with Gasteiger partial charge >= 0.3 is 0 Å². The first kappa shape index (κ1) is 19.3. The number of rotatable bonds is 3. The highest BCUT2D eigenvalue weighted by Gasteiger charge is 2.25. The van der Waals surface area contributed by atoms with Crippen LogP contribution in [0.4, 0.5) is 0 Å². The van der Waals surface area contributed by atoms with E-state index in [1.165, 1.54) is 0 Å². The van der Waals surface area contributed by atoms with E-state index in [9.17, 15) is 4.79 Å². The van der Waals surface area contributed by atoms with Crippen LogP contribution >= 0.6 is 11.6 Å². The van der Waals surface area contributed by atoms with Gasteiger partial charge in [-0.25, -0.2) is 4.68 Å². The molecule has 0 saturated carbocycles. The summed E-state index contributed by atoms with van der Waals surface area (Å²) in [5, 5.41) is 5.23. The van der Waals surface area contributed by atoms with Crippen LogP contribution in [0.3, 0.4) is 0 Å². The molecule has 31 heavy (non-hydrogen) atoms. The maximum Gasteiger partial charge on any atom is 0.196 e. The minimum Gasteiger partial charge on any atom is -0.488 e. The molecule has 2 heterocycles. The summed E-state index contributed by atoms with van der Waals surface area (Å²) >= 11 is 6.81. The molecule has 0 amide bonds. The van der Waals surface area contributed by atoms with Crippen molar-refractivity contribution in [1.29, 1.82) is 0 Å². The van der Waals surface area contributed by atoms with Gasteiger partial charge in [-0.1, -0.05) is 71.8 Å². The lowest BCUT2D eigenvalue weighted by Gasteiger charge is -2.19. The van der Waals surface area contributed by atoms with Crippen LogP contribution in [-0.2, 0) is 0 Å². The molecule has 1 aliphatic heterocycles. The molecule has 0 aliphatic carbocycles. The molecule has 152 valence electrons. The number of hydrogen-bond donors (Lipinski definition) is 0. The third-order valence-electron chi connectivity index (χ3n) is 5.28. The van der Waals surface area contributed by atoms with Gasteiger partial charge in [0, 0.05) is 16.7 Å². The largest absolute Gasteiger partial charge is 0.488 e. The lowest BCUT2D eigenvalue weighted by Crippen LogP contribution is -2.19. The van der Waals surface area contributed by atoms with E-state index in [4.69, 9.17) is 21.4 Å². The quantitative estimate of drug-likeness (QED) is 0.368. The molecule has 1 aliphatic rings. The topological polar surface area (TPSA) is 44.1 Å². The van der Waals surface area contributed by atoms with Crippen LogP contribution in [0.2, 0.25) is 5.15 Å². The third kappa shape index (κ3) is 3.56. The Labute approximate surface area is 185 Å². The summed E-state index contributed by atoms with van der Waals surface area (Å²) in [5.41, 5.74) is 5.31. The van der Waals surface area contributed by atoms with Crippen molar-refractivity contribution < 1.29 is 9.53 Å². The van der Waals surface area contributed by atoms with Crippen LogP contribution in [0.15, 0.2) is 84.4 Å². The Morgan fingerprint density at radius 2 is 1.71 bits per heavy atom. The molecule has 4 aromatic rings. The van der Waals surface area contributed by atoms with E-state index in [0.29, 0.717) is 33.3 Å². The molecule has 3 aromatic carbocycles. The number of Topliss-reactive ketones (excluding diaryl/α,β-unsaturated/α-hetero) is 1. The van der Waals surface area contributed by atoms with Gasteiger partial charge < -0.3 is 4.74 Å². The highest BCUT2D eigenvalue weighted by atomic mass is 35.5. The molecule has 0 spiro atoms. The molecule has 5 rings (SSSR count). The number of ether oxygens (including phenoxy) is 1. The predicted molar refractivity (Wildman–Crippen MR) is 123 cm³/mol. The molecular formula is C26H19ClN2O2. The lowest BCUT2D eigenvalue weighted by atomic mass is 9.96. The van der Waals surface area contributed by atoms with Gasteiger partial charge in [-0.3, -0.25) is 4.79 Å². The number of hydrogen-bond acceptors (Lipinski definition) is 3. The Bertz CT molecular complexity index is 1310. The van der Waals surface area contributed by atoms with Gasteiger partial charge in [-0.05, 0) is 37.3 Å². The third-order valence-corrected chi connectivity index (χ3v) is 5.65. The van der Waals surface area contributed by atoms with E-state index < -0.39 is 0 Å². The van der Waals surface area contributed by atoms with Gasteiger partial charge in [0.1, 0.15) is 23.2 Å². The van der Waals surface area contributed by atoms with E-state index in [1.54, 1.807) is 4.68 Å². The predicted octanol–water partition coefficient (Wildman–Crippen LogP) is 6.16. The van der Waals surface area contributed by atoms with Crippen LogP contribution in [0.1, 0.15) is 21.5 Å². The SMILES string of the molecule is Cc1ccc2c(c1)C(=O)/C(=C\c1c(-c3ccccc3)nn(-c3ccccc3)c1Cl)CO2. The maximum atomic E-state index is 13.2. The number of aromatic nitrogens is 2. The van der Waals surface area contributed by atoms with E-state index in [1.807, 2.05) is 91.9 Å². The van der Waals surface area contributed by atoms with Crippen molar-refractivity contribution >= 4 is 23.5 Å². The van der Waals surface area contributed by atoms with Crippen LogP contribution in [-0.4, -0.2) is 22.2 Å². The highest BCUT2D eigenvalue weighted by molar-refractivity contribution is 6.32. The van der Waals surface area contributed by atoms with Crippen LogP contribution in [0.25, 0.3) is 23.0 Å². The number of benzene rings is 3. The molecule has 5 heteroatoms. The lowest BCUT2D eigenvalue weighted by molar-refractivity contribution is 0.100. The van der Waals surface area contributed by atoms with Crippen molar-refractivity contribution in [3.8, 4) is 22.7 Å². The van der Waals surface area contributed by atoms with E-state index in [2.05, 4.69) is 0 Å². The van der Waals surface area contributed by atoms with Crippen molar-refractivity contribution in [3.63, 3.8) is 0 Å². The monoisotopic (exact) mass is 426 g/mol. The molecule has 0 atom stereocenters. The molecule has 4 nitrogen and oxygen atoms in total. The second-order valence-electron chi connectivity index (χ2n) is 7.45. The molecular weight excluding hydrogens is 408 g/mol. The fourth-order valence-electron chi connectivity index (χ4n) is 3.71. The second-order valence-corrected chi connectivity index (χ2v) is 7.81. The van der Waals surface area contributed by atoms with Gasteiger partial charge in [0.15, 0.2) is 5.78 Å². The zero-order valence-electron chi connectivity index (χ0n) is 16.9. The maximum absolute atomic E-state index is 13.2. The van der Waals surface area contributed by atoms with Crippen molar-refractivity contribution in [1.82, 2.24) is 9.78 Å². The summed E-state index contributed by atoms with van der Waals surface area (Å²) in [6.45, 7) is 2.15. The van der Waals surface area contributed by atoms with Gasteiger partial charge in [-0.15, -0.1) is 0 Å². The fraction of sp³-hybridized carbons (Fsp3) is 0.0769. The first-order valence-corrected chi connectivity index (χ1v) is 10.4. The number of aryl methyl sites for hydroxylation is 1. The number of carbonyl (C=O) groups is 1. The Kier molecular flexibility index (Phi) is 4.92. The molecule has 0 bridgehead atoms.